The zero-order chi connectivity index (χ0) is 18.4. The third-order valence-corrected chi connectivity index (χ3v) is 7.73. The van der Waals surface area contributed by atoms with Crippen LogP contribution >= 0.6 is 0 Å². The lowest BCUT2D eigenvalue weighted by Gasteiger charge is -2.38. The third kappa shape index (κ3) is 2.88. The molecule has 2 aliphatic heterocycles. The fraction of sp³-hybridized carbons (Fsp3) is 0.526. The van der Waals surface area contributed by atoms with Crippen LogP contribution in [0.1, 0.15) is 30.7 Å². The summed E-state index contributed by atoms with van der Waals surface area (Å²) in [4.78, 5) is 0.345. The van der Waals surface area contributed by atoms with Gasteiger partial charge in [-0.05, 0) is 45.2 Å². The highest BCUT2D eigenvalue weighted by atomic mass is 32.2. The SMILES string of the molecule is Cc1nn(-c2ccccc2)c(C)c1S(=O)(=O)N1CCC[C@@]2(CCOC2)C1. The molecular formula is C19H25N3O3S. The van der Waals surface area contributed by atoms with Gasteiger partial charge in [0.15, 0.2) is 0 Å². The lowest BCUT2D eigenvalue weighted by atomic mass is 9.80. The zero-order valence-electron chi connectivity index (χ0n) is 15.3. The van der Waals surface area contributed by atoms with Crippen LogP contribution in [-0.2, 0) is 14.8 Å². The van der Waals surface area contributed by atoms with E-state index in [1.165, 1.54) is 0 Å². The molecule has 3 heterocycles. The van der Waals surface area contributed by atoms with Crippen LogP contribution in [0.25, 0.3) is 5.69 Å². The second kappa shape index (κ2) is 6.48. The second-order valence-electron chi connectivity index (χ2n) is 7.49. The summed E-state index contributed by atoms with van der Waals surface area (Å²) in [5.74, 6) is 0. The Balaban J connectivity index is 1.71. The highest BCUT2D eigenvalue weighted by molar-refractivity contribution is 7.89. The number of rotatable bonds is 3. The lowest BCUT2D eigenvalue weighted by Crippen LogP contribution is -2.46. The summed E-state index contributed by atoms with van der Waals surface area (Å²) in [6.45, 7) is 6.12. The van der Waals surface area contributed by atoms with Crippen molar-refractivity contribution >= 4 is 10.0 Å². The van der Waals surface area contributed by atoms with Gasteiger partial charge in [0.2, 0.25) is 10.0 Å². The number of aryl methyl sites for hydroxylation is 1. The van der Waals surface area contributed by atoms with Gasteiger partial charge in [0.1, 0.15) is 4.90 Å². The van der Waals surface area contributed by atoms with Crippen molar-refractivity contribution in [2.75, 3.05) is 26.3 Å². The number of hydrogen-bond acceptors (Lipinski definition) is 4. The van der Waals surface area contributed by atoms with Gasteiger partial charge in [0.05, 0.1) is 23.7 Å². The molecule has 0 saturated carbocycles. The molecule has 1 aromatic heterocycles. The minimum atomic E-state index is -3.58. The molecule has 7 heteroatoms. The van der Waals surface area contributed by atoms with Crippen LogP contribution in [0.5, 0.6) is 0 Å². The number of benzene rings is 1. The van der Waals surface area contributed by atoms with Gasteiger partial charge in [-0.15, -0.1) is 0 Å². The van der Waals surface area contributed by atoms with E-state index < -0.39 is 10.0 Å². The van der Waals surface area contributed by atoms with Gasteiger partial charge in [-0.25, -0.2) is 13.1 Å². The molecule has 26 heavy (non-hydrogen) atoms. The largest absolute Gasteiger partial charge is 0.381 e. The van der Waals surface area contributed by atoms with Crippen molar-refractivity contribution < 1.29 is 13.2 Å². The number of hydrogen-bond donors (Lipinski definition) is 0. The van der Waals surface area contributed by atoms with Crippen molar-refractivity contribution in [3.05, 3.63) is 41.7 Å². The first-order valence-corrected chi connectivity index (χ1v) is 10.6. The van der Waals surface area contributed by atoms with Gasteiger partial charge in [-0.2, -0.15) is 9.40 Å². The van der Waals surface area contributed by atoms with E-state index in [-0.39, 0.29) is 5.41 Å². The summed E-state index contributed by atoms with van der Waals surface area (Å²) in [5, 5.41) is 4.52. The van der Waals surface area contributed by atoms with Gasteiger partial charge in [0.25, 0.3) is 0 Å². The predicted octanol–water partition coefficient (Wildman–Crippen LogP) is 2.68. The number of piperidine rings is 1. The maximum absolute atomic E-state index is 13.4. The number of para-hydroxylation sites is 1. The quantitative estimate of drug-likeness (QED) is 0.827. The van der Waals surface area contributed by atoms with Crippen molar-refractivity contribution in [1.82, 2.24) is 14.1 Å². The summed E-state index contributed by atoms with van der Waals surface area (Å²) >= 11 is 0. The molecule has 140 valence electrons. The molecule has 0 aliphatic carbocycles. The van der Waals surface area contributed by atoms with Gasteiger partial charge < -0.3 is 4.74 Å². The molecule has 4 rings (SSSR count). The molecule has 2 fully saturated rings. The van der Waals surface area contributed by atoms with E-state index in [4.69, 9.17) is 4.74 Å². The molecule has 0 radical (unpaired) electrons. The monoisotopic (exact) mass is 375 g/mol. The average molecular weight is 375 g/mol. The van der Waals surface area contributed by atoms with E-state index in [2.05, 4.69) is 5.10 Å². The molecule has 6 nitrogen and oxygen atoms in total. The highest BCUT2D eigenvalue weighted by Gasteiger charge is 2.43. The molecule has 1 aromatic carbocycles. The smallest absolute Gasteiger partial charge is 0.246 e. The molecule has 1 spiro atoms. The Labute approximate surface area is 154 Å². The van der Waals surface area contributed by atoms with Crippen molar-refractivity contribution in [3.63, 3.8) is 0 Å². The van der Waals surface area contributed by atoms with Crippen molar-refractivity contribution in [2.45, 2.75) is 38.0 Å². The molecule has 1 atom stereocenters. The van der Waals surface area contributed by atoms with Crippen LogP contribution in [0.2, 0.25) is 0 Å². The van der Waals surface area contributed by atoms with Crippen molar-refractivity contribution in [2.24, 2.45) is 5.41 Å². The van der Waals surface area contributed by atoms with Crippen LogP contribution < -0.4 is 0 Å². The summed E-state index contributed by atoms with van der Waals surface area (Å²) in [7, 11) is -3.58. The molecule has 2 aromatic rings. The predicted molar refractivity (Wildman–Crippen MR) is 98.9 cm³/mol. The Morgan fingerprint density at radius 3 is 2.62 bits per heavy atom. The lowest BCUT2D eigenvalue weighted by molar-refractivity contribution is 0.105. The Kier molecular flexibility index (Phi) is 4.41. The van der Waals surface area contributed by atoms with Crippen molar-refractivity contribution in [3.8, 4) is 5.69 Å². The van der Waals surface area contributed by atoms with Gasteiger partial charge in [0, 0.05) is 25.1 Å². The first kappa shape index (κ1) is 17.7. The summed E-state index contributed by atoms with van der Waals surface area (Å²) in [6.07, 6.45) is 2.87. The number of ether oxygens (including phenoxy) is 1. The van der Waals surface area contributed by atoms with E-state index >= 15 is 0 Å². The summed E-state index contributed by atoms with van der Waals surface area (Å²) in [6, 6.07) is 9.65. The molecular weight excluding hydrogens is 350 g/mol. The Morgan fingerprint density at radius 2 is 1.92 bits per heavy atom. The van der Waals surface area contributed by atoms with E-state index in [0.29, 0.717) is 36.0 Å². The van der Waals surface area contributed by atoms with Crippen LogP contribution in [-0.4, -0.2) is 48.8 Å². The number of aromatic nitrogens is 2. The molecule has 2 saturated heterocycles. The minimum absolute atomic E-state index is 0.0114. The highest BCUT2D eigenvalue weighted by Crippen LogP contribution is 2.40. The first-order chi connectivity index (χ1) is 12.4. The average Bonchev–Trinajstić information content (AvgIpc) is 3.20. The van der Waals surface area contributed by atoms with Crippen LogP contribution in [0.15, 0.2) is 35.2 Å². The summed E-state index contributed by atoms with van der Waals surface area (Å²) in [5.41, 5.74) is 2.07. The topological polar surface area (TPSA) is 64.4 Å². The van der Waals surface area contributed by atoms with Crippen LogP contribution in [0.3, 0.4) is 0 Å². The summed E-state index contributed by atoms with van der Waals surface area (Å²) < 4.78 is 35.8. The van der Waals surface area contributed by atoms with E-state index in [9.17, 15) is 8.42 Å². The molecule has 0 amide bonds. The van der Waals surface area contributed by atoms with E-state index in [1.54, 1.807) is 15.9 Å². The fourth-order valence-corrected chi connectivity index (χ4v) is 6.24. The van der Waals surface area contributed by atoms with Crippen LogP contribution in [0, 0.1) is 19.3 Å². The molecule has 0 unspecified atom stereocenters. The van der Waals surface area contributed by atoms with Gasteiger partial charge in [-0.1, -0.05) is 18.2 Å². The fourth-order valence-electron chi connectivity index (χ4n) is 4.29. The van der Waals surface area contributed by atoms with Gasteiger partial charge in [-0.3, -0.25) is 0 Å². The standard InChI is InChI=1S/C19H25N3O3S/c1-15-18(16(2)22(20-15)17-7-4-3-5-8-17)26(23,24)21-11-6-9-19(13-21)10-12-25-14-19/h3-5,7-8H,6,9-14H2,1-2H3/t19-/m1/s1. The maximum atomic E-state index is 13.4. The van der Waals surface area contributed by atoms with E-state index in [1.807, 2.05) is 37.3 Å². The molecule has 0 N–H and O–H groups in total. The second-order valence-corrected chi connectivity index (χ2v) is 9.37. The number of sulfonamides is 1. The number of nitrogens with zero attached hydrogens (tertiary/aromatic N) is 3. The Bertz CT molecular complexity index is 900. The minimum Gasteiger partial charge on any atom is -0.381 e. The zero-order valence-corrected chi connectivity index (χ0v) is 16.1. The molecule has 2 aliphatic rings. The van der Waals surface area contributed by atoms with E-state index in [0.717, 1.165) is 31.6 Å². The normalized spacial score (nSPS) is 24.4. The van der Waals surface area contributed by atoms with Gasteiger partial charge >= 0.3 is 0 Å². The maximum Gasteiger partial charge on any atom is 0.246 e. The van der Waals surface area contributed by atoms with Crippen molar-refractivity contribution in [1.29, 1.82) is 0 Å². The first-order valence-electron chi connectivity index (χ1n) is 9.13. The Hall–Kier alpha value is -1.70. The molecule has 0 bridgehead atoms. The Morgan fingerprint density at radius 1 is 1.15 bits per heavy atom. The van der Waals surface area contributed by atoms with Crippen LogP contribution in [0.4, 0.5) is 0 Å². The third-order valence-electron chi connectivity index (χ3n) is 5.63.